The van der Waals surface area contributed by atoms with Crippen LogP contribution in [-0.4, -0.2) is 0 Å². The van der Waals surface area contributed by atoms with Gasteiger partial charge in [0.25, 0.3) is 0 Å². The van der Waals surface area contributed by atoms with E-state index in [4.69, 9.17) is 5.26 Å². The Labute approximate surface area is 87.7 Å². The van der Waals surface area contributed by atoms with Crippen LogP contribution in [0.4, 0.5) is 0 Å². The summed E-state index contributed by atoms with van der Waals surface area (Å²) in [5.41, 5.74) is 0. The standard InChI is InChI=1S/C6H4I2.CHN/c7-5-1-2-6(8)4-3-5;1-2/h1-4H;1H. The molecule has 0 radical (unpaired) electrons. The lowest BCUT2D eigenvalue weighted by Gasteiger charge is -1.87. The van der Waals surface area contributed by atoms with E-state index in [1.165, 1.54) is 7.14 Å². The highest BCUT2D eigenvalue weighted by molar-refractivity contribution is 14.1. The molecule has 1 rings (SSSR count). The first kappa shape index (κ1) is 10.2. The lowest BCUT2D eigenvalue weighted by molar-refractivity contribution is 1.58. The Kier molecular flexibility index (Phi) is 6.02. The zero-order chi connectivity index (χ0) is 7.98. The Bertz CT molecular complexity index is 182. The first-order valence-electron chi connectivity index (χ1n) is 2.46. The Morgan fingerprint density at radius 3 is 1.30 bits per heavy atom. The molecule has 1 aromatic carbocycles. The molecule has 1 aromatic rings. The molecule has 0 N–H and O–H groups in total. The molecule has 0 aliphatic heterocycles. The maximum atomic E-state index is 6.50. The van der Waals surface area contributed by atoms with Crippen LogP contribution in [0.3, 0.4) is 0 Å². The van der Waals surface area contributed by atoms with E-state index in [1.54, 1.807) is 0 Å². The maximum absolute atomic E-state index is 6.50. The van der Waals surface area contributed by atoms with Crippen molar-refractivity contribution in [1.29, 1.82) is 5.26 Å². The van der Waals surface area contributed by atoms with Gasteiger partial charge in [-0.3, -0.25) is 0 Å². The fourth-order valence-electron chi connectivity index (χ4n) is 0.430. The first-order chi connectivity index (χ1) is 4.79. The van der Waals surface area contributed by atoms with Crippen molar-refractivity contribution in [1.82, 2.24) is 0 Å². The number of nitriles is 1. The van der Waals surface area contributed by atoms with Gasteiger partial charge in [-0.2, -0.15) is 0 Å². The van der Waals surface area contributed by atoms with E-state index in [0.717, 1.165) is 0 Å². The van der Waals surface area contributed by atoms with Crippen molar-refractivity contribution in [2.75, 3.05) is 0 Å². The van der Waals surface area contributed by atoms with E-state index >= 15 is 0 Å². The molecule has 0 spiro atoms. The number of rotatable bonds is 0. The van der Waals surface area contributed by atoms with Crippen LogP contribution in [0.15, 0.2) is 24.3 Å². The quantitative estimate of drug-likeness (QED) is 0.655. The highest BCUT2D eigenvalue weighted by Gasteiger charge is 1.82. The van der Waals surface area contributed by atoms with Gasteiger partial charge in [-0.05, 0) is 69.4 Å². The van der Waals surface area contributed by atoms with Gasteiger partial charge in [0.1, 0.15) is 0 Å². The largest absolute Gasteiger partial charge is 0.202 e. The molecule has 0 aliphatic rings. The van der Waals surface area contributed by atoms with Gasteiger partial charge >= 0.3 is 0 Å². The van der Waals surface area contributed by atoms with Gasteiger partial charge in [0.2, 0.25) is 0 Å². The molecule has 0 aliphatic carbocycles. The minimum atomic E-state index is 1.29. The molecule has 0 heterocycles. The summed E-state index contributed by atoms with van der Waals surface area (Å²) in [6.45, 7) is 3.50. The van der Waals surface area contributed by atoms with E-state index in [-0.39, 0.29) is 0 Å². The minimum Gasteiger partial charge on any atom is -0.202 e. The number of nitrogens with zero attached hydrogens (tertiary/aromatic N) is 1. The molecule has 52 valence electrons. The second-order valence-corrected chi connectivity index (χ2v) is 3.93. The summed E-state index contributed by atoms with van der Waals surface area (Å²) in [6.07, 6.45) is 0. The highest BCUT2D eigenvalue weighted by Crippen LogP contribution is 2.07. The summed E-state index contributed by atoms with van der Waals surface area (Å²) >= 11 is 4.59. The fraction of sp³-hybridized carbons (Fsp3) is 0. The first-order valence-corrected chi connectivity index (χ1v) is 4.62. The zero-order valence-electron chi connectivity index (χ0n) is 5.09. The number of benzene rings is 1. The van der Waals surface area contributed by atoms with Gasteiger partial charge in [-0.15, -0.1) is 0 Å². The summed E-state index contributed by atoms with van der Waals surface area (Å²) in [4.78, 5) is 0. The predicted octanol–water partition coefficient (Wildman–Crippen LogP) is 3.04. The third-order valence-corrected chi connectivity index (χ3v) is 2.24. The van der Waals surface area contributed by atoms with Gasteiger partial charge in [-0.1, -0.05) is 0 Å². The molecule has 0 saturated carbocycles. The Morgan fingerprint density at radius 2 is 1.10 bits per heavy atom. The van der Waals surface area contributed by atoms with Crippen LogP contribution in [0.5, 0.6) is 0 Å². The van der Waals surface area contributed by atoms with Crippen molar-refractivity contribution in [3.05, 3.63) is 31.4 Å². The molecule has 0 unspecified atom stereocenters. The van der Waals surface area contributed by atoms with Crippen molar-refractivity contribution in [3.8, 4) is 6.57 Å². The van der Waals surface area contributed by atoms with E-state index in [9.17, 15) is 0 Å². The lowest BCUT2D eigenvalue weighted by atomic mass is 10.4. The normalized spacial score (nSPS) is 7.60. The molecule has 0 bridgehead atoms. The van der Waals surface area contributed by atoms with Crippen molar-refractivity contribution in [2.24, 2.45) is 0 Å². The van der Waals surface area contributed by atoms with Crippen LogP contribution < -0.4 is 0 Å². The maximum Gasteiger partial charge on any atom is 0.0462 e. The van der Waals surface area contributed by atoms with E-state index in [1.807, 2.05) is 0 Å². The third-order valence-electron chi connectivity index (χ3n) is 0.804. The summed E-state index contributed by atoms with van der Waals surface area (Å²) in [5, 5.41) is 6.50. The number of halogens is 2. The summed E-state index contributed by atoms with van der Waals surface area (Å²) in [7, 11) is 0. The van der Waals surface area contributed by atoms with Gasteiger partial charge in [0.15, 0.2) is 0 Å². The number of hydrogen-bond donors (Lipinski definition) is 0. The highest BCUT2D eigenvalue weighted by atomic mass is 127. The lowest BCUT2D eigenvalue weighted by Crippen LogP contribution is -1.68. The van der Waals surface area contributed by atoms with Crippen LogP contribution in [-0.2, 0) is 0 Å². The van der Waals surface area contributed by atoms with Gasteiger partial charge in [0.05, 0.1) is 0 Å². The zero-order valence-corrected chi connectivity index (χ0v) is 9.40. The smallest absolute Gasteiger partial charge is 0.0462 e. The summed E-state index contributed by atoms with van der Waals surface area (Å²) in [5.74, 6) is 0. The predicted molar refractivity (Wildman–Crippen MR) is 58.5 cm³/mol. The minimum absolute atomic E-state index is 1.29. The Hall–Kier alpha value is 0.170. The van der Waals surface area contributed by atoms with Crippen LogP contribution >= 0.6 is 45.2 Å². The van der Waals surface area contributed by atoms with Crippen LogP contribution in [0.2, 0.25) is 0 Å². The molecule has 0 fully saturated rings. The Balaban J connectivity index is 0.000000371. The van der Waals surface area contributed by atoms with Crippen molar-refractivity contribution < 1.29 is 0 Å². The van der Waals surface area contributed by atoms with Crippen molar-refractivity contribution >= 4 is 45.2 Å². The molecular weight excluding hydrogens is 352 g/mol. The second-order valence-electron chi connectivity index (χ2n) is 1.44. The topological polar surface area (TPSA) is 23.8 Å². The average Bonchev–Trinajstić information content (AvgIpc) is 2.00. The molecule has 10 heavy (non-hydrogen) atoms. The number of hydrogen-bond acceptors (Lipinski definition) is 1. The van der Waals surface area contributed by atoms with Crippen molar-refractivity contribution in [2.45, 2.75) is 0 Å². The third kappa shape index (κ3) is 4.06. The average molecular weight is 357 g/mol. The van der Waals surface area contributed by atoms with Crippen LogP contribution in [0.25, 0.3) is 0 Å². The van der Waals surface area contributed by atoms with Gasteiger partial charge in [-0.25, -0.2) is 5.26 Å². The monoisotopic (exact) mass is 357 g/mol. The van der Waals surface area contributed by atoms with E-state index in [2.05, 4.69) is 76.0 Å². The van der Waals surface area contributed by atoms with E-state index in [0.29, 0.717) is 0 Å². The second kappa shape index (κ2) is 5.92. The molecule has 3 heteroatoms. The molecule has 0 saturated heterocycles. The molecule has 0 aromatic heterocycles. The van der Waals surface area contributed by atoms with Crippen LogP contribution in [0.1, 0.15) is 0 Å². The van der Waals surface area contributed by atoms with E-state index < -0.39 is 0 Å². The molecular formula is C7H5I2N. The summed E-state index contributed by atoms with van der Waals surface area (Å²) < 4.78 is 2.59. The van der Waals surface area contributed by atoms with Crippen molar-refractivity contribution in [3.63, 3.8) is 0 Å². The summed E-state index contributed by atoms with van der Waals surface area (Å²) in [6, 6.07) is 8.40. The molecule has 0 atom stereocenters. The van der Waals surface area contributed by atoms with Gasteiger partial charge < -0.3 is 0 Å². The SMILES string of the molecule is C#N.Ic1ccc(I)cc1. The Morgan fingerprint density at radius 1 is 0.900 bits per heavy atom. The van der Waals surface area contributed by atoms with Gasteiger partial charge in [0, 0.05) is 13.7 Å². The fourth-order valence-corrected chi connectivity index (χ4v) is 1.15. The molecule has 0 amide bonds. The molecule has 1 nitrogen and oxygen atoms in total. The van der Waals surface area contributed by atoms with Crippen LogP contribution in [0, 0.1) is 19.0 Å².